The van der Waals surface area contributed by atoms with E-state index in [1.165, 1.54) is 13.2 Å². The van der Waals surface area contributed by atoms with E-state index in [1.54, 1.807) is 24.3 Å². The van der Waals surface area contributed by atoms with Crippen LogP contribution in [-0.4, -0.2) is 43.2 Å². The molecule has 4 N–H and O–H groups in total. The molecule has 0 aliphatic heterocycles. The van der Waals surface area contributed by atoms with E-state index in [2.05, 4.69) is 38.6 Å². The van der Waals surface area contributed by atoms with Gasteiger partial charge in [-0.05, 0) is 40.8 Å². The number of carbonyl (C=O) groups excluding carboxylic acids is 4. The zero-order chi connectivity index (χ0) is 27.1. The van der Waals surface area contributed by atoms with Crippen molar-refractivity contribution in [1.29, 1.82) is 0 Å². The number of fused-ring (bicyclic) bond motifs is 1. The van der Waals surface area contributed by atoms with Crippen molar-refractivity contribution >= 4 is 40.3 Å². The highest BCUT2D eigenvalue weighted by Crippen LogP contribution is 2.48. The highest BCUT2D eigenvalue weighted by atomic mass is 16.5. The van der Waals surface area contributed by atoms with Crippen molar-refractivity contribution in [1.82, 2.24) is 10.6 Å². The number of aliphatic imine (C=N–C) groups is 1. The van der Waals surface area contributed by atoms with Gasteiger partial charge < -0.3 is 21.1 Å². The third-order valence-electron chi connectivity index (χ3n) is 6.32. The van der Waals surface area contributed by atoms with Gasteiger partial charge in [-0.3, -0.25) is 14.4 Å². The lowest BCUT2D eigenvalue weighted by molar-refractivity contribution is -0.137. The minimum atomic E-state index is -1.08. The van der Waals surface area contributed by atoms with Crippen LogP contribution in [0.5, 0.6) is 0 Å². The molecule has 3 amide bonds. The van der Waals surface area contributed by atoms with Crippen molar-refractivity contribution in [2.75, 3.05) is 13.7 Å². The van der Waals surface area contributed by atoms with Crippen LogP contribution in [0.15, 0.2) is 83.9 Å². The topological polar surface area (TPSA) is 140 Å². The molecule has 0 spiro atoms. The number of nitrogens with two attached hydrogens (primary N) is 1. The first-order valence-electron chi connectivity index (χ1n) is 12.1. The molecule has 3 aromatic carbocycles. The lowest BCUT2D eigenvalue weighted by Crippen LogP contribution is -2.36. The zero-order valence-electron chi connectivity index (χ0n) is 20.9. The lowest BCUT2D eigenvalue weighted by Gasteiger charge is -2.21. The van der Waals surface area contributed by atoms with E-state index in [-0.39, 0.29) is 24.7 Å². The molecule has 9 nitrogen and oxygen atoms in total. The number of hydrogen-bond donors (Lipinski definition) is 3. The Bertz CT molecular complexity index is 1450. The lowest BCUT2D eigenvalue weighted by atomic mass is 9.96. The smallest absolute Gasteiger partial charge is 0.336 e. The van der Waals surface area contributed by atoms with Crippen molar-refractivity contribution in [3.05, 3.63) is 95.6 Å². The second-order valence-electron chi connectivity index (χ2n) is 8.94. The van der Waals surface area contributed by atoms with Crippen LogP contribution in [0.3, 0.4) is 0 Å². The van der Waals surface area contributed by atoms with E-state index in [0.29, 0.717) is 11.1 Å². The predicted molar refractivity (Wildman–Crippen MR) is 143 cm³/mol. The molecule has 0 unspecified atom stereocenters. The molecule has 1 aliphatic rings. The number of nitrogens with one attached hydrogen (secondary N) is 2. The predicted octanol–water partition coefficient (Wildman–Crippen LogP) is 2.53. The number of methoxy groups -OCH3 is 1. The first-order chi connectivity index (χ1) is 18.3. The molecule has 9 heteroatoms. The molecule has 1 fully saturated rings. The van der Waals surface area contributed by atoms with Crippen molar-refractivity contribution in [2.45, 2.75) is 24.8 Å². The average molecular weight is 513 g/mol. The van der Waals surface area contributed by atoms with Crippen LogP contribution in [0.4, 0.5) is 0 Å². The van der Waals surface area contributed by atoms with Crippen LogP contribution in [-0.2, 0) is 31.1 Å². The Morgan fingerprint density at radius 2 is 1.71 bits per heavy atom. The normalized spacial score (nSPS) is 14.2. The molecule has 0 heterocycles. The molecule has 0 radical (unpaired) electrons. The minimum absolute atomic E-state index is 0.00608. The summed E-state index contributed by atoms with van der Waals surface area (Å²) in [5.41, 5.74) is 7.60. The summed E-state index contributed by atoms with van der Waals surface area (Å²) in [5, 5.41) is 7.75. The molecular formula is C29H28N4O5. The van der Waals surface area contributed by atoms with Crippen molar-refractivity contribution in [2.24, 2.45) is 10.7 Å². The van der Waals surface area contributed by atoms with Gasteiger partial charge in [0.15, 0.2) is 0 Å². The van der Waals surface area contributed by atoms with Crippen LogP contribution in [0.1, 0.15) is 34.3 Å². The molecule has 0 saturated heterocycles. The van der Waals surface area contributed by atoms with E-state index in [9.17, 15) is 19.2 Å². The number of carbonyl (C=O) groups is 4. The average Bonchev–Trinajstić information content (AvgIpc) is 3.70. The first-order valence-corrected chi connectivity index (χ1v) is 12.1. The highest BCUT2D eigenvalue weighted by molar-refractivity contribution is 6.37. The quantitative estimate of drug-likeness (QED) is 0.139. The van der Waals surface area contributed by atoms with Crippen LogP contribution in [0.2, 0.25) is 0 Å². The summed E-state index contributed by atoms with van der Waals surface area (Å²) in [6.07, 6.45) is 4.13. The number of hydrogen-bond acceptors (Lipinski definition) is 5. The minimum Gasteiger partial charge on any atom is -0.466 e. The van der Waals surface area contributed by atoms with Crippen molar-refractivity contribution in [3.8, 4) is 0 Å². The number of rotatable bonds is 8. The molecule has 194 valence electrons. The molecule has 38 heavy (non-hydrogen) atoms. The second-order valence-corrected chi connectivity index (χ2v) is 8.94. The Morgan fingerprint density at radius 3 is 2.47 bits per heavy atom. The van der Waals surface area contributed by atoms with Crippen LogP contribution >= 0.6 is 0 Å². The maximum Gasteiger partial charge on any atom is 0.336 e. The zero-order valence-corrected chi connectivity index (χ0v) is 20.9. The number of amides is 3. The van der Waals surface area contributed by atoms with Gasteiger partial charge in [-0.2, -0.15) is 4.99 Å². The van der Waals surface area contributed by atoms with E-state index in [0.717, 1.165) is 35.3 Å². The maximum atomic E-state index is 13.4. The van der Waals surface area contributed by atoms with E-state index >= 15 is 0 Å². The number of esters is 1. The fourth-order valence-electron chi connectivity index (χ4n) is 4.28. The van der Waals surface area contributed by atoms with Gasteiger partial charge in [0, 0.05) is 24.6 Å². The molecule has 1 aliphatic carbocycles. The summed E-state index contributed by atoms with van der Waals surface area (Å²) in [6, 6.07) is 21.1. The third-order valence-corrected chi connectivity index (χ3v) is 6.32. The van der Waals surface area contributed by atoms with Gasteiger partial charge in [-0.1, -0.05) is 66.7 Å². The van der Waals surface area contributed by atoms with Crippen LogP contribution < -0.4 is 16.4 Å². The fourth-order valence-corrected chi connectivity index (χ4v) is 4.28. The molecule has 0 atom stereocenters. The number of amidine groups is 1. The van der Waals surface area contributed by atoms with Crippen molar-refractivity contribution < 1.29 is 23.9 Å². The first kappa shape index (κ1) is 26.3. The Morgan fingerprint density at radius 1 is 1.00 bits per heavy atom. The number of benzene rings is 3. The third kappa shape index (κ3) is 6.12. The summed E-state index contributed by atoms with van der Waals surface area (Å²) < 4.78 is 4.44. The maximum absolute atomic E-state index is 13.4. The Balaban J connectivity index is 1.44. The molecule has 0 bridgehead atoms. The van der Waals surface area contributed by atoms with Crippen molar-refractivity contribution in [3.63, 3.8) is 0 Å². The van der Waals surface area contributed by atoms with E-state index in [1.807, 2.05) is 24.3 Å². The van der Waals surface area contributed by atoms with E-state index in [4.69, 9.17) is 5.73 Å². The monoisotopic (exact) mass is 512 g/mol. The molecule has 3 aromatic rings. The highest BCUT2D eigenvalue weighted by Gasteiger charge is 2.46. The number of ether oxygens (including phenoxy) is 1. The Hall–Kier alpha value is -4.79. The van der Waals surface area contributed by atoms with Gasteiger partial charge in [0.2, 0.25) is 0 Å². The Kier molecular flexibility index (Phi) is 7.96. The van der Waals surface area contributed by atoms with Gasteiger partial charge in [-0.15, -0.1) is 0 Å². The molecule has 1 saturated carbocycles. The summed E-state index contributed by atoms with van der Waals surface area (Å²) in [7, 11) is 1.23. The van der Waals surface area contributed by atoms with Gasteiger partial charge in [0.1, 0.15) is 5.84 Å². The number of nitrogens with zero attached hydrogens (tertiary/aromatic N) is 1. The summed E-state index contributed by atoms with van der Waals surface area (Å²) in [6.45, 7) is -0.0590. The van der Waals surface area contributed by atoms with Gasteiger partial charge in [-0.25, -0.2) is 4.79 Å². The summed E-state index contributed by atoms with van der Waals surface area (Å²) >= 11 is 0. The van der Waals surface area contributed by atoms with Crippen LogP contribution in [0.25, 0.3) is 10.8 Å². The Labute approximate surface area is 219 Å². The molecule has 0 aromatic heterocycles. The molecule has 4 rings (SSSR count). The second kappa shape index (κ2) is 11.5. The van der Waals surface area contributed by atoms with Gasteiger partial charge >= 0.3 is 17.8 Å². The summed E-state index contributed by atoms with van der Waals surface area (Å²) in [4.78, 5) is 52.2. The van der Waals surface area contributed by atoms with Crippen LogP contribution in [0, 0.1) is 0 Å². The molecular weight excluding hydrogens is 484 g/mol. The SMILES string of the molecule is COC(=O)/C=C/CNC(=O)C(=O)N=C(N)Cc1ccccc1C(=O)NC1(c2cccc3ccccc23)CC1. The van der Waals surface area contributed by atoms with Gasteiger partial charge in [0.05, 0.1) is 12.6 Å². The summed E-state index contributed by atoms with van der Waals surface area (Å²) in [5.74, 6) is -2.99. The largest absolute Gasteiger partial charge is 0.466 e. The fraction of sp³-hybridized carbons (Fsp3) is 0.207. The van der Waals surface area contributed by atoms with E-state index < -0.39 is 23.3 Å². The standard InChI is InChI=1S/C29H28N4O5/c1-38-25(34)14-7-17-31-27(36)28(37)32-24(30)18-20-9-3-5-12-22(20)26(35)33-29(15-16-29)23-13-6-10-19-8-2-4-11-21(19)23/h2-14H,15-18H2,1H3,(H,31,36)(H,33,35)(H2,30,32,37)/b14-7+. The van der Waals surface area contributed by atoms with Gasteiger partial charge in [0.25, 0.3) is 5.91 Å².